The predicted octanol–water partition coefficient (Wildman–Crippen LogP) is 4.99. The zero-order valence-corrected chi connectivity index (χ0v) is 21.7. The van der Waals surface area contributed by atoms with Crippen molar-refractivity contribution >= 4 is 64.4 Å². The van der Waals surface area contributed by atoms with Crippen molar-refractivity contribution in [1.29, 1.82) is 0 Å². The van der Waals surface area contributed by atoms with Crippen molar-refractivity contribution < 1.29 is 28.7 Å². The lowest BCUT2D eigenvalue weighted by molar-refractivity contribution is -0.122. The lowest BCUT2D eigenvalue weighted by atomic mass is 10.1. The molecule has 1 fully saturated rings. The molecule has 0 aromatic heterocycles. The molecule has 2 N–H and O–H groups in total. The highest BCUT2D eigenvalue weighted by Crippen LogP contribution is 2.35. The second kappa shape index (κ2) is 11.4. The lowest BCUT2D eigenvalue weighted by Gasteiger charge is -2.26. The van der Waals surface area contributed by atoms with E-state index >= 15 is 0 Å². The van der Waals surface area contributed by atoms with Gasteiger partial charge in [0.25, 0.3) is 17.7 Å². The van der Waals surface area contributed by atoms with Gasteiger partial charge in [-0.15, -0.1) is 0 Å². The summed E-state index contributed by atoms with van der Waals surface area (Å²) in [4.78, 5) is 51.1. The van der Waals surface area contributed by atoms with Crippen molar-refractivity contribution in [2.45, 2.75) is 6.92 Å². The Hall–Kier alpha value is -4.34. The van der Waals surface area contributed by atoms with Crippen LogP contribution in [-0.2, 0) is 14.4 Å². The number of urea groups is 1. The number of carbonyl (C=O) groups is 4. The van der Waals surface area contributed by atoms with Gasteiger partial charge >= 0.3 is 6.03 Å². The minimum absolute atomic E-state index is 0.0549. The first-order valence-electron chi connectivity index (χ1n) is 11.2. The van der Waals surface area contributed by atoms with Crippen LogP contribution in [0.15, 0.2) is 66.2 Å². The van der Waals surface area contributed by atoms with Gasteiger partial charge in [-0.05, 0) is 67.1 Å². The Bertz CT molecular complexity index is 1430. The van der Waals surface area contributed by atoms with Gasteiger partial charge in [0.05, 0.1) is 22.8 Å². The number of hydrogen-bond donors (Lipinski definition) is 2. The number of barbiturate groups is 1. The third-order valence-electron chi connectivity index (χ3n) is 5.45. The first kappa shape index (κ1) is 26.7. The van der Waals surface area contributed by atoms with Crippen LogP contribution < -0.4 is 25.0 Å². The van der Waals surface area contributed by atoms with Crippen molar-refractivity contribution in [2.75, 3.05) is 23.9 Å². The third kappa shape index (κ3) is 5.96. The number of aryl methyl sites for hydroxylation is 1. The Balaban J connectivity index is 1.51. The number of nitrogens with one attached hydrogen (secondary N) is 2. The summed E-state index contributed by atoms with van der Waals surface area (Å²) in [6.45, 7) is 1.58. The smallest absolute Gasteiger partial charge is 0.335 e. The standard InChI is InChI=1S/C27H21Cl2N3O6/c1-15-3-5-17(6-4-15)30-23(33)14-38-24-21(28)12-16(13-22(24)29)11-20-25(34)31-27(36)32(26(20)35)18-7-9-19(37-2)10-8-18/h3-13H,14H2,1-2H3,(H,30,33)(H,31,34,36)/b20-11+. The van der Waals surface area contributed by atoms with Gasteiger partial charge in [-0.25, -0.2) is 9.69 Å². The first-order valence-corrected chi connectivity index (χ1v) is 12.0. The molecule has 4 rings (SSSR count). The third-order valence-corrected chi connectivity index (χ3v) is 6.01. The molecular weight excluding hydrogens is 533 g/mol. The fourth-order valence-electron chi connectivity index (χ4n) is 3.56. The van der Waals surface area contributed by atoms with Crippen LogP contribution in [0.1, 0.15) is 11.1 Å². The van der Waals surface area contributed by atoms with Crippen molar-refractivity contribution in [3.8, 4) is 11.5 Å². The van der Waals surface area contributed by atoms with Crippen molar-refractivity contribution in [3.63, 3.8) is 0 Å². The number of hydrogen-bond acceptors (Lipinski definition) is 6. The number of amides is 5. The van der Waals surface area contributed by atoms with Crippen molar-refractivity contribution in [3.05, 3.63) is 87.4 Å². The number of nitrogens with zero attached hydrogens (tertiary/aromatic N) is 1. The van der Waals surface area contributed by atoms with Crippen LogP contribution in [0.4, 0.5) is 16.2 Å². The van der Waals surface area contributed by atoms with Crippen LogP contribution in [0.3, 0.4) is 0 Å². The zero-order valence-electron chi connectivity index (χ0n) is 20.2. The summed E-state index contributed by atoms with van der Waals surface area (Å²) in [5.41, 5.74) is 1.91. The van der Waals surface area contributed by atoms with Crippen molar-refractivity contribution in [1.82, 2.24) is 5.32 Å². The highest BCUT2D eigenvalue weighted by atomic mass is 35.5. The number of ether oxygens (including phenoxy) is 2. The van der Waals surface area contributed by atoms with Crippen LogP contribution >= 0.6 is 23.2 Å². The lowest BCUT2D eigenvalue weighted by Crippen LogP contribution is -2.54. The van der Waals surface area contributed by atoms with Gasteiger partial charge in [-0.2, -0.15) is 0 Å². The molecule has 38 heavy (non-hydrogen) atoms. The summed E-state index contributed by atoms with van der Waals surface area (Å²) >= 11 is 12.7. The summed E-state index contributed by atoms with van der Waals surface area (Å²) < 4.78 is 10.6. The highest BCUT2D eigenvalue weighted by Gasteiger charge is 2.36. The summed E-state index contributed by atoms with van der Waals surface area (Å²) in [6, 6.07) is 15.4. The topological polar surface area (TPSA) is 114 Å². The van der Waals surface area contributed by atoms with Gasteiger partial charge in [-0.1, -0.05) is 40.9 Å². The predicted molar refractivity (Wildman–Crippen MR) is 144 cm³/mol. The van der Waals surface area contributed by atoms with Gasteiger partial charge in [0.15, 0.2) is 12.4 Å². The summed E-state index contributed by atoms with van der Waals surface area (Å²) in [5, 5.41) is 4.96. The molecule has 3 aromatic carbocycles. The van der Waals surface area contributed by atoms with E-state index in [-0.39, 0.29) is 33.7 Å². The second-order valence-electron chi connectivity index (χ2n) is 8.17. The van der Waals surface area contributed by atoms with Crippen LogP contribution in [0.5, 0.6) is 11.5 Å². The second-order valence-corrected chi connectivity index (χ2v) is 8.99. The molecule has 1 aliphatic rings. The molecule has 0 spiro atoms. The Morgan fingerprint density at radius 1 is 1.00 bits per heavy atom. The Morgan fingerprint density at radius 3 is 2.24 bits per heavy atom. The Morgan fingerprint density at radius 2 is 1.63 bits per heavy atom. The molecule has 0 radical (unpaired) electrons. The molecule has 0 aliphatic carbocycles. The SMILES string of the molecule is COc1ccc(N2C(=O)NC(=O)/C(=C\c3cc(Cl)c(OCC(=O)Nc4ccc(C)cc4)c(Cl)c3)C2=O)cc1. The van der Waals surface area contributed by atoms with E-state index in [4.69, 9.17) is 32.7 Å². The molecule has 3 aromatic rings. The number of halogens is 2. The molecule has 194 valence electrons. The van der Waals surface area contributed by atoms with Gasteiger partial charge in [0.1, 0.15) is 11.3 Å². The molecule has 11 heteroatoms. The van der Waals surface area contributed by atoms with Gasteiger partial charge in [-0.3, -0.25) is 19.7 Å². The summed E-state index contributed by atoms with van der Waals surface area (Å²) in [5.74, 6) is -1.52. The fourth-order valence-corrected chi connectivity index (χ4v) is 4.18. The van der Waals surface area contributed by atoms with E-state index < -0.39 is 23.8 Å². The zero-order chi connectivity index (χ0) is 27.4. The maximum absolute atomic E-state index is 13.1. The van der Waals surface area contributed by atoms with Gasteiger partial charge in [0.2, 0.25) is 0 Å². The van der Waals surface area contributed by atoms with Crippen LogP contribution in [0.25, 0.3) is 6.08 Å². The number of anilines is 2. The molecule has 0 atom stereocenters. The average molecular weight is 554 g/mol. The normalized spacial score (nSPS) is 14.4. The molecule has 1 saturated heterocycles. The fraction of sp³-hybridized carbons (Fsp3) is 0.111. The molecule has 0 unspecified atom stereocenters. The van der Waals surface area contributed by atoms with Crippen LogP contribution in [-0.4, -0.2) is 37.5 Å². The molecule has 1 heterocycles. The minimum atomic E-state index is -0.883. The van der Waals surface area contributed by atoms with Crippen molar-refractivity contribution in [2.24, 2.45) is 0 Å². The van der Waals surface area contributed by atoms with E-state index in [1.807, 2.05) is 19.1 Å². The highest BCUT2D eigenvalue weighted by molar-refractivity contribution is 6.40. The maximum atomic E-state index is 13.1. The number of rotatable bonds is 7. The number of methoxy groups -OCH3 is 1. The monoisotopic (exact) mass is 553 g/mol. The van der Waals surface area contributed by atoms with Crippen LogP contribution in [0.2, 0.25) is 10.0 Å². The molecule has 0 saturated carbocycles. The number of imide groups is 2. The molecule has 5 amide bonds. The Labute approximate surface area is 227 Å². The van der Waals surface area contributed by atoms with E-state index in [1.165, 1.54) is 37.5 Å². The summed E-state index contributed by atoms with van der Waals surface area (Å²) in [6.07, 6.45) is 1.26. The molecule has 0 bridgehead atoms. The Kier molecular flexibility index (Phi) is 7.99. The van der Waals surface area contributed by atoms with Gasteiger partial charge < -0.3 is 14.8 Å². The molecular formula is C27H21Cl2N3O6. The number of benzene rings is 3. The molecule has 1 aliphatic heterocycles. The minimum Gasteiger partial charge on any atom is -0.497 e. The van der Waals surface area contributed by atoms with E-state index in [9.17, 15) is 19.2 Å². The van der Waals surface area contributed by atoms with Gasteiger partial charge in [0, 0.05) is 5.69 Å². The van der Waals surface area contributed by atoms with E-state index in [1.54, 1.807) is 24.3 Å². The van der Waals surface area contributed by atoms with E-state index in [0.717, 1.165) is 10.5 Å². The van der Waals surface area contributed by atoms with Crippen LogP contribution in [0, 0.1) is 6.92 Å². The number of carbonyl (C=O) groups excluding carboxylic acids is 4. The quantitative estimate of drug-likeness (QED) is 0.314. The van der Waals surface area contributed by atoms with E-state index in [2.05, 4.69) is 10.6 Å². The average Bonchev–Trinajstić information content (AvgIpc) is 2.87. The summed E-state index contributed by atoms with van der Waals surface area (Å²) in [7, 11) is 1.49. The largest absolute Gasteiger partial charge is 0.497 e. The molecule has 9 nitrogen and oxygen atoms in total. The maximum Gasteiger partial charge on any atom is 0.335 e. The van der Waals surface area contributed by atoms with E-state index in [0.29, 0.717) is 17.0 Å². The first-order chi connectivity index (χ1) is 18.2.